The van der Waals surface area contributed by atoms with Crippen LogP contribution in [-0.2, 0) is 6.54 Å². The van der Waals surface area contributed by atoms with Gasteiger partial charge in [0.1, 0.15) is 0 Å². The highest BCUT2D eigenvalue weighted by atomic mass is 19.4. The van der Waals surface area contributed by atoms with Gasteiger partial charge in [0.05, 0.1) is 0 Å². The number of halogens is 3. The first-order valence-electron chi connectivity index (χ1n) is 8.13. The van der Waals surface area contributed by atoms with Gasteiger partial charge in [-0.15, -0.1) is 0 Å². The van der Waals surface area contributed by atoms with Gasteiger partial charge in [-0.3, -0.25) is 0 Å². The molecule has 0 fully saturated rings. The Balaban J connectivity index is 2.18. The molecule has 25 heavy (non-hydrogen) atoms. The molecule has 0 spiro atoms. The predicted octanol–water partition coefficient (Wildman–Crippen LogP) is 5.77. The van der Waals surface area contributed by atoms with Crippen molar-refractivity contribution in [1.82, 2.24) is 4.90 Å². The van der Waals surface area contributed by atoms with Gasteiger partial charge < -0.3 is 0 Å². The number of benzene rings is 2. The van der Waals surface area contributed by atoms with Crippen molar-refractivity contribution in [3.8, 4) is 11.8 Å². The minimum Gasteiger partial charge on any atom is -0.206 e. The summed E-state index contributed by atoms with van der Waals surface area (Å²) in [6, 6.07) is 12.9. The highest BCUT2D eigenvalue weighted by Gasteiger charge is 2.36. The van der Waals surface area contributed by atoms with Crippen molar-refractivity contribution in [2.45, 2.75) is 33.6 Å². The van der Waals surface area contributed by atoms with E-state index in [1.807, 2.05) is 51.1 Å². The third-order valence-electron chi connectivity index (χ3n) is 3.57. The maximum absolute atomic E-state index is 13.4. The van der Waals surface area contributed by atoms with Crippen LogP contribution in [0.1, 0.15) is 26.3 Å². The lowest BCUT2D eigenvalue weighted by molar-refractivity contribution is -0.245. The average molecular weight is 345 g/mol. The highest BCUT2D eigenvalue weighted by molar-refractivity contribution is 5.85. The Morgan fingerprint density at radius 2 is 1.68 bits per heavy atom. The van der Waals surface area contributed by atoms with Gasteiger partial charge in [0.25, 0.3) is 0 Å². The summed E-state index contributed by atoms with van der Waals surface area (Å²) in [5.74, 6) is 5.77. The topological polar surface area (TPSA) is 3.24 Å². The van der Waals surface area contributed by atoms with Crippen LogP contribution in [0, 0.1) is 17.3 Å². The largest absolute Gasteiger partial charge is 0.460 e. The zero-order chi connectivity index (χ0) is 18.5. The standard InChI is InChI=1S/C21H22F3N/c1-20(2,3)14-7-4-8-15-25(21(22,23)24)16-18-12-9-11-17-10-5-6-13-19(17)18/h4-6,8-13H,15-16H2,1-3H3/b8-4+. The molecular weight excluding hydrogens is 323 g/mol. The molecule has 2 aromatic rings. The molecular formula is C21H22F3N. The van der Waals surface area contributed by atoms with Gasteiger partial charge in [-0.25, -0.2) is 4.90 Å². The molecule has 0 atom stereocenters. The van der Waals surface area contributed by atoms with Crippen LogP contribution in [0.3, 0.4) is 0 Å². The minimum atomic E-state index is -4.40. The van der Waals surface area contributed by atoms with Gasteiger partial charge in [-0.1, -0.05) is 60.4 Å². The summed E-state index contributed by atoms with van der Waals surface area (Å²) >= 11 is 0. The van der Waals surface area contributed by atoms with Crippen molar-refractivity contribution >= 4 is 10.8 Å². The molecule has 0 aliphatic carbocycles. The SMILES string of the molecule is CC(C)(C)C#C/C=C/CN(Cc1cccc2ccccc12)C(F)(F)F. The summed E-state index contributed by atoms with van der Waals surface area (Å²) < 4.78 is 40.1. The van der Waals surface area contributed by atoms with Crippen LogP contribution in [0.2, 0.25) is 0 Å². The average Bonchev–Trinajstić information content (AvgIpc) is 2.51. The number of fused-ring (bicyclic) bond motifs is 1. The number of allylic oxidation sites excluding steroid dienone is 1. The molecule has 0 unspecified atom stereocenters. The Labute approximate surface area is 147 Å². The maximum Gasteiger partial charge on any atom is 0.460 e. The van der Waals surface area contributed by atoms with E-state index in [0.717, 1.165) is 10.8 Å². The van der Waals surface area contributed by atoms with Crippen LogP contribution < -0.4 is 0 Å². The normalized spacial score (nSPS) is 12.6. The zero-order valence-electron chi connectivity index (χ0n) is 14.7. The van der Waals surface area contributed by atoms with E-state index < -0.39 is 6.30 Å². The van der Waals surface area contributed by atoms with Crippen molar-refractivity contribution in [2.75, 3.05) is 6.54 Å². The summed E-state index contributed by atoms with van der Waals surface area (Å²) in [4.78, 5) is 0.490. The number of nitrogens with zero attached hydrogens (tertiary/aromatic N) is 1. The first kappa shape index (κ1) is 19.1. The van der Waals surface area contributed by atoms with Crippen molar-refractivity contribution < 1.29 is 13.2 Å². The second-order valence-electron chi connectivity index (χ2n) is 6.91. The zero-order valence-corrected chi connectivity index (χ0v) is 14.7. The third kappa shape index (κ3) is 5.95. The second kappa shape index (κ2) is 7.76. The van der Waals surface area contributed by atoms with E-state index in [0.29, 0.717) is 10.5 Å². The van der Waals surface area contributed by atoms with Crippen molar-refractivity contribution in [3.63, 3.8) is 0 Å². The van der Waals surface area contributed by atoms with Crippen molar-refractivity contribution in [1.29, 1.82) is 0 Å². The molecule has 0 aliphatic heterocycles. The van der Waals surface area contributed by atoms with E-state index in [1.54, 1.807) is 12.1 Å². The first-order chi connectivity index (χ1) is 11.7. The van der Waals surface area contributed by atoms with E-state index in [1.165, 1.54) is 12.2 Å². The van der Waals surface area contributed by atoms with Gasteiger partial charge in [0, 0.05) is 18.5 Å². The Morgan fingerprint density at radius 3 is 2.36 bits per heavy atom. The summed E-state index contributed by atoms with van der Waals surface area (Å²) in [5.41, 5.74) is 0.487. The molecule has 0 N–H and O–H groups in total. The minimum absolute atomic E-state index is 0.170. The van der Waals surface area contributed by atoms with E-state index >= 15 is 0 Å². The van der Waals surface area contributed by atoms with E-state index in [2.05, 4.69) is 11.8 Å². The van der Waals surface area contributed by atoms with Gasteiger partial charge in [-0.2, -0.15) is 13.2 Å². The molecule has 0 saturated heterocycles. The number of alkyl halides is 3. The van der Waals surface area contributed by atoms with Gasteiger partial charge in [0.2, 0.25) is 0 Å². The third-order valence-corrected chi connectivity index (χ3v) is 3.57. The molecule has 0 bridgehead atoms. The van der Waals surface area contributed by atoms with E-state index in [4.69, 9.17) is 0 Å². The van der Waals surface area contributed by atoms with Crippen LogP contribution in [0.25, 0.3) is 10.8 Å². The number of hydrogen-bond donors (Lipinski definition) is 0. The van der Waals surface area contributed by atoms with Crippen molar-refractivity contribution in [3.05, 3.63) is 60.2 Å². The predicted molar refractivity (Wildman–Crippen MR) is 96.8 cm³/mol. The number of rotatable bonds is 4. The first-order valence-corrected chi connectivity index (χ1v) is 8.13. The smallest absolute Gasteiger partial charge is 0.206 e. The monoisotopic (exact) mass is 345 g/mol. The summed E-state index contributed by atoms with van der Waals surface area (Å²) in [7, 11) is 0. The molecule has 1 nitrogen and oxygen atoms in total. The Hall–Kier alpha value is -2.25. The molecule has 0 heterocycles. The van der Waals surface area contributed by atoms with Crippen LogP contribution in [0.5, 0.6) is 0 Å². The van der Waals surface area contributed by atoms with Gasteiger partial charge in [0.15, 0.2) is 0 Å². The highest BCUT2D eigenvalue weighted by Crippen LogP contribution is 2.26. The van der Waals surface area contributed by atoms with Crippen LogP contribution in [-0.4, -0.2) is 17.7 Å². The van der Waals surface area contributed by atoms with Gasteiger partial charge in [-0.05, 0) is 43.2 Å². The molecule has 0 amide bonds. The summed E-state index contributed by atoms with van der Waals surface area (Å²) in [5, 5.41) is 1.78. The Kier molecular flexibility index (Phi) is 5.92. The van der Waals surface area contributed by atoms with Crippen LogP contribution in [0.15, 0.2) is 54.6 Å². The lowest BCUT2D eigenvalue weighted by Crippen LogP contribution is -2.37. The molecule has 0 radical (unpaired) electrons. The van der Waals surface area contributed by atoms with Crippen molar-refractivity contribution in [2.24, 2.45) is 5.41 Å². The van der Waals surface area contributed by atoms with Crippen LogP contribution >= 0.6 is 0 Å². The Bertz CT molecular complexity index is 796. The lowest BCUT2D eigenvalue weighted by Gasteiger charge is -2.24. The number of hydrogen-bond acceptors (Lipinski definition) is 1. The molecule has 0 aliphatic rings. The molecule has 2 rings (SSSR count). The molecule has 2 aromatic carbocycles. The fourth-order valence-electron chi connectivity index (χ4n) is 2.39. The molecule has 132 valence electrons. The van der Waals surface area contributed by atoms with E-state index in [-0.39, 0.29) is 18.5 Å². The molecule has 0 saturated carbocycles. The Morgan fingerprint density at radius 1 is 1.00 bits per heavy atom. The summed E-state index contributed by atoms with van der Waals surface area (Å²) in [6.07, 6.45) is -1.46. The lowest BCUT2D eigenvalue weighted by atomic mass is 9.98. The van der Waals surface area contributed by atoms with Gasteiger partial charge >= 0.3 is 6.30 Å². The molecule has 0 aromatic heterocycles. The fourth-order valence-corrected chi connectivity index (χ4v) is 2.39. The summed E-state index contributed by atoms with van der Waals surface area (Å²) in [6.45, 7) is 5.44. The maximum atomic E-state index is 13.4. The quantitative estimate of drug-likeness (QED) is 0.502. The molecule has 4 heteroatoms. The second-order valence-corrected chi connectivity index (χ2v) is 6.91. The fraction of sp³-hybridized carbons (Fsp3) is 0.333. The van der Waals surface area contributed by atoms with E-state index in [9.17, 15) is 13.2 Å². The van der Waals surface area contributed by atoms with Crippen LogP contribution in [0.4, 0.5) is 13.2 Å².